The van der Waals surface area contributed by atoms with Gasteiger partial charge in [-0.25, -0.2) is 4.39 Å². The Morgan fingerprint density at radius 1 is 1.27 bits per heavy atom. The molecule has 0 radical (unpaired) electrons. The van der Waals surface area contributed by atoms with E-state index in [4.69, 9.17) is 4.74 Å². The van der Waals surface area contributed by atoms with E-state index in [9.17, 15) is 9.18 Å². The van der Waals surface area contributed by atoms with Crippen LogP contribution in [0.25, 0.3) is 10.9 Å². The lowest BCUT2D eigenvalue weighted by molar-refractivity contribution is -0.115. The number of nitrogens with zero attached hydrogens (tertiary/aromatic N) is 4. The van der Waals surface area contributed by atoms with Gasteiger partial charge < -0.3 is 14.6 Å². The zero-order chi connectivity index (χ0) is 21.3. The topological polar surface area (TPSA) is 74.0 Å². The Labute approximate surface area is 173 Å². The fourth-order valence-corrected chi connectivity index (χ4v) is 3.61. The number of hydrogen-bond donors (Lipinski definition) is 1. The van der Waals surface area contributed by atoms with Crippen molar-refractivity contribution in [2.45, 2.75) is 19.9 Å². The zero-order valence-corrected chi connectivity index (χ0v) is 17.0. The standard InChI is InChI=1S/C22H22FN5O2/c1-14-12-27(2)19-8-7-15(9-17(14)19)10-21(29)25-20-11-24-28(26-20)13-16-5-4-6-18(23)22(16)30-3/h4-9,11-12H,10,13H2,1-3H3,(H,25,26,29). The minimum atomic E-state index is -0.443. The number of halogens is 1. The van der Waals surface area contributed by atoms with E-state index in [1.54, 1.807) is 12.1 Å². The van der Waals surface area contributed by atoms with Gasteiger partial charge in [0.05, 0.1) is 26.3 Å². The summed E-state index contributed by atoms with van der Waals surface area (Å²) in [6.07, 6.45) is 3.77. The molecule has 4 aromatic rings. The van der Waals surface area contributed by atoms with E-state index >= 15 is 0 Å². The lowest BCUT2D eigenvalue weighted by atomic mass is 10.1. The van der Waals surface area contributed by atoms with E-state index in [0.717, 1.165) is 16.5 Å². The number of para-hydroxylation sites is 1. The molecule has 1 N–H and O–H groups in total. The summed E-state index contributed by atoms with van der Waals surface area (Å²) in [5.74, 6) is -0.126. The summed E-state index contributed by atoms with van der Waals surface area (Å²) in [5.41, 5.74) is 3.83. The molecular formula is C22H22FN5O2. The van der Waals surface area contributed by atoms with Crippen molar-refractivity contribution in [2.75, 3.05) is 12.4 Å². The summed E-state index contributed by atoms with van der Waals surface area (Å²) in [5, 5.41) is 12.3. The molecule has 0 saturated carbocycles. The van der Waals surface area contributed by atoms with Crippen molar-refractivity contribution < 1.29 is 13.9 Å². The van der Waals surface area contributed by atoms with Gasteiger partial charge in [0.15, 0.2) is 17.4 Å². The van der Waals surface area contributed by atoms with Crippen LogP contribution >= 0.6 is 0 Å². The first-order chi connectivity index (χ1) is 14.4. The van der Waals surface area contributed by atoms with Crippen LogP contribution in [0.4, 0.5) is 10.2 Å². The minimum absolute atomic E-state index is 0.159. The van der Waals surface area contributed by atoms with Gasteiger partial charge in [-0.15, -0.1) is 5.10 Å². The fraction of sp³-hybridized carbons (Fsp3) is 0.227. The number of nitrogens with one attached hydrogen (secondary N) is 1. The van der Waals surface area contributed by atoms with Gasteiger partial charge in [-0.2, -0.15) is 9.90 Å². The molecule has 0 fully saturated rings. The lowest BCUT2D eigenvalue weighted by Gasteiger charge is -2.08. The van der Waals surface area contributed by atoms with Gasteiger partial charge in [0.25, 0.3) is 0 Å². The van der Waals surface area contributed by atoms with Crippen LogP contribution in [0.15, 0.2) is 48.8 Å². The molecule has 7 nitrogen and oxygen atoms in total. The second-order valence-corrected chi connectivity index (χ2v) is 7.19. The number of hydrogen-bond acceptors (Lipinski definition) is 4. The quantitative estimate of drug-likeness (QED) is 0.531. The van der Waals surface area contributed by atoms with E-state index in [1.807, 2.05) is 25.2 Å². The van der Waals surface area contributed by atoms with E-state index in [1.165, 1.54) is 29.7 Å². The van der Waals surface area contributed by atoms with Gasteiger partial charge >= 0.3 is 0 Å². The molecule has 0 aliphatic heterocycles. The average molecular weight is 407 g/mol. The second-order valence-electron chi connectivity index (χ2n) is 7.19. The van der Waals surface area contributed by atoms with Gasteiger partial charge in [-0.3, -0.25) is 4.79 Å². The third kappa shape index (κ3) is 3.89. The number of carbonyl (C=O) groups excluding carboxylic acids is 1. The summed E-state index contributed by atoms with van der Waals surface area (Å²) < 4.78 is 21.0. The predicted molar refractivity (Wildman–Crippen MR) is 112 cm³/mol. The molecule has 2 heterocycles. The molecule has 0 spiro atoms. The van der Waals surface area contributed by atoms with E-state index in [-0.39, 0.29) is 24.6 Å². The Morgan fingerprint density at radius 3 is 2.90 bits per heavy atom. The molecule has 4 rings (SSSR count). The first kappa shape index (κ1) is 19.6. The molecule has 0 atom stereocenters. The summed E-state index contributed by atoms with van der Waals surface area (Å²) in [6.45, 7) is 2.28. The van der Waals surface area contributed by atoms with Gasteiger partial charge in [0.2, 0.25) is 5.91 Å². The van der Waals surface area contributed by atoms with Crippen LogP contribution in [0.2, 0.25) is 0 Å². The Bertz CT molecular complexity index is 1230. The number of benzene rings is 2. The third-order valence-corrected chi connectivity index (χ3v) is 4.99. The number of ether oxygens (including phenoxy) is 1. The first-order valence-electron chi connectivity index (χ1n) is 9.50. The molecule has 2 aromatic heterocycles. The number of rotatable bonds is 6. The predicted octanol–water partition coefficient (Wildman–Crippen LogP) is 3.46. The summed E-state index contributed by atoms with van der Waals surface area (Å²) in [4.78, 5) is 13.8. The molecule has 0 bridgehead atoms. The van der Waals surface area contributed by atoms with Gasteiger partial charge in [0.1, 0.15) is 0 Å². The van der Waals surface area contributed by atoms with Crippen molar-refractivity contribution in [2.24, 2.45) is 7.05 Å². The Kier molecular flexibility index (Phi) is 5.22. The number of carbonyl (C=O) groups is 1. The average Bonchev–Trinajstić information content (AvgIpc) is 3.25. The number of aromatic nitrogens is 4. The molecular weight excluding hydrogens is 385 g/mol. The van der Waals surface area contributed by atoms with Crippen LogP contribution < -0.4 is 10.1 Å². The largest absolute Gasteiger partial charge is 0.493 e. The molecule has 8 heteroatoms. The van der Waals surface area contributed by atoms with Crippen molar-refractivity contribution in [1.82, 2.24) is 19.6 Å². The number of amides is 1. The second kappa shape index (κ2) is 7.98. The minimum Gasteiger partial charge on any atom is -0.493 e. The van der Waals surface area contributed by atoms with Crippen molar-refractivity contribution in [3.05, 3.63) is 71.3 Å². The number of anilines is 1. The van der Waals surface area contributed by atoms with E-state index in [2.05, 4.69) is 33.2 Å². The highest BCUT2D eigenvalue weighted by atomic mass is 19.1. The van der Waals surface area contributed by atoms with E-state index < -0.39 is 5.82 Å². The molecule has 0 saturated heterocycles. The van der Waals surface area contributed by atoms with Gasteiger partial charge in [-0.05, 0) is 36.2 Å². The summed E-state index contributed by atoms with van der Waals surface area (Å²) in [6, 6.07) is 10.7. The van der Waals surface area contributed by atoms with Crippen molar-refractivity contribution in [3.63, 3.8) is 0 Å². The summed E-state index contributed by atoms with van der Waals surface area (Å²) in [7, 11) is 3.42. The maximum atomic E-state index is 13.8. The summed E-state index contributed by atoms with van der Waals surface area (Å²) >= 11 is 0. The van der Waals surface area contributed by atoms with Crippen LogP contribution in [0.1, 0.15) is 16.7 Å². The zero-order valence-electron chi connectivity index (χ0n) is 17.0. The normalized spacial score (nSPS) is 11.1. The van der Waals surface area contributed by atoms with Crippen LogP contribution in [0, 0.1) is 12.7 Å². The highest BCUT2D eigenvalue weighted by Gasteiger charge is 2.12. The van der Waals surface area contributed by atoms with Crippen molar-refractivity contribution >= 4 is 22.6 Å². The van der Waals surface area contributed by atoms with Crippen LogP contribution in [-0.4, -0.2) is 32.6 Å². The SMILES string of the molecule is COc1c(F)cccc1Cn1ncc(NC(=O)Cc2ccc3c(c2)c(C)cn3C)n1. The first-order valence-corrected chi connectivity index (χ1v) is 9.50. The van der Waals surface area contributed by atoms with Crippen molar-refractivity contribution in [3.8, 4) is 5.75 Å². The smallest absolute Gasteiger partial charge is 0.230 e. The molecule has 2 aromatic carbocycles. The van der Waals surface area contributed by atoms with Crippen LogP contribution in [-0.2, 0) is 24.8 Å². The highest BCUT2D eigenvalue weighted by Crippen LogP contribution is 2.23. The van der Waals surface area contributed by atoms with Gasteiger partial charge in [-0.1, -0.05) is 18.2 Å². The molecule has 0 aliphatic carbocycles. The molecule has 1 amide bonds. The monoisotopic (exact) mass is 407 g/mol. The molecule has 0 unspecified atom stereocenters. The Morgan fingerprint density at radius 2 is 2.10 bits per heavy atom. The number of aryl methyl sites for hydroxylation is 2. The third-order valence-electron chi connectivity index (χ3n) is 4.99. The maximum absolute atomic E-state index is 13.8. The van der Waals surface area contributed by atoms with Crippen molar-refractivity contribution in [1.29, 1.82) is 0 Å². The Hall–Kier alpha value is -3.68. The number of methoxy groups -OCH3 is 1. The van der Waals surface area contributed by atoms with Crippen LogP contribution in [0.3, 0.4) is 0 Å². The number of fused-ring (bicyclic) bond motifs is 1. The molecule has 0 aliphatic rings. The Balaban J connectivity index is 1.43. The van der Waals surface area contributed by atoms with Crippen LogP contribution in [0.5, 0.6) is 5.75 Å². The molecule has 30 heavy (non-hydrogen) atoms. The molecule has 154 valence electrons. The lowest BCUT2D eigenvalue weighted by Crippen LogP contribution is -2.15. The fourth-order valence-electron chi connectivity index (χ4n) is 3.61. The van der Waals surface area contributed by atoms with E-state index in [0.29, 0.717) is 11.4 Å². The highest BCUT2D eigenvalue weighted by molar-refractivity contribution is 5.92. The maximum Gasteiger partial charge on any atom is 0.230 e. The van der Waals surface area contributed by atoms with Gasteiger partial charge in [0, 0.05) is 29.7 Å².